The first kappa shape index (κ1) is 18.5. The highest BCUT2D eigenvalue weighted by Crippen LogP contribution is 2.24. The molecule has 3 atom stereocenters. The van der Waals surface area contributed by atoms with Crippen molar-refractivity contribution < 1.29 is 9.47 Å². The molecule has 3 rings (SSSR count). The van der Waals surface area contributed by atoms with Crippen molar-refractivity contribution in [2.75, 3.05) is 32.2 Å². The number of pyridine rings is 1. The van der Waals surface area contributed by atoms with Gasteiger partial charge in [0.15, 0.2) is 0 Å². The Morgan fingerprint density at radius 2 is 2.19 bits per heavy atom. The molecule has 0 aliphatic carbocycles. The van der Waals surface area contributed by atoms with Crippen LogP contribution < -0.4 is 15.0 Å². The molecule has 140 valence electrons. The summed E-state index contributed by atoms with van der Waals surface area (Å²) in [5.41, 5.74) is 1.03. The van der Waals surface area contributed by atoms with Crippen molar-refractivity contribution in [3.63, 3.8) is 0 Å². The molecule has 7 heteroatoms. The Morgan fingerprint density at radius 3 is 2.92 bits per heavy atom. The maximum Gasteiger partial charge on any atom is 0.213 e. The molecule has 3 heterocycles. The summed E-state index contributed by atoms with van der Waals surface area (Å²) < 4.78 is 10.8. The highest BCUT2D eigenvalue weighted by atomic mass is 16.5. The molecule has 1 fully saturated rings. The standard InChI is InChI=1S/C19H27N5O2/c1-14(9-15-5-4-6-19(23-15)26-3)21-11-16-10-17(25-2)12-24(16)18-7-8-20-13-22-18/h4-8,13-14,16-17,21H,9-12H2,1-3H3/t14?,16-,17-/m1/s1. The van der Waals surface area contributed by atoms with Crippen LogP contribution in [0.1, 0.15) is 19.0 Å². The van der Waals surface area contributed by atoms with Crippen LogP contribution in [0.15, 0.2) is 36.8 Å². The fraction of sp³-hybridized carbons (Fsp3) is 0.526. The number of hydrogen-bond acceptors (Lipinski definition) is 7. The van der Waals surface area contributed by atoms with Crippen LogP contribution in [0.5, 0.6) is 5.88 Å². The SMILES string of the molecule is COc1cccc(CC(C)NC[C@H]2C[C@@H](OC)CN2c2ccncn2)n1. The molecule has 0 radical (unpaired) electrons. The number of hydrogen-bond donors (Lipinski definition) is 1. The Kier molecular flexibility index (Phi) is 6.35. The molecule has 1 unspecified atom stereocenters. The Morgan fingerprint density at radius 1 is 1.31 bits per heavy atom. The van der Waals surface area contributed by atoms with Crippen LogP contribution in [0.2, 0.25) is 0 Å². The second kappa shape index (κ2) is 8.91. The number of rotatable bonds is 8. The Balaban J connectivity index is 1.57. The third-order valence-corrected chi connectivity index (χ3v) is 4.78. The zero-order chi connectivity index (χ0) is 18.4. The maximum absolute atomic E-state index is 5.58. The fourth-order valence-corrected chi connectivity index (χ4v) is 3.38. The summed E-state index contributed by atoms with van der Waals surface area (Å²) in [5.74, 6) is 1.61. The van der Waals surface area contributed by atoms with E-state index in [2.05, 4.69) is 32.1 Å². The number of methoxy groups -OCH3 is 2. The molecule has 2 aromatic heterocycles. The smallest absolute Gasteiger partial charge is 0.213 e. The van der Waals surface area contributed by atoms with Gasteiger partial charge in [0.25, 0.3) is 0 Å². The molecular weight excluding hydrogens is 330 g/mol. The summed E-state index contributed by atoms with van der Waals surface area (Å²) in [7, 11) is 3.41. The van der Waals surface area contributed by atoms with Crippen LogP contribution in [0, 0.1) is 0 Å². The normalized spacial score (nSPS) is 21.0. The highest BCUT2D eigenvalue weighted by Gasteiger charge is 2.32. The molecule has 1 aliphatic heterocycles. The third-order valence-electron chi connectivity index (χ3n) is 4.78. The maximum atomic E-state index is 5.58. The zero-order valence-corrected chi connectivity index (χ0v) is 15.6. The molecule has 7 nitrogen and oxygen atoms in total. The second-order valence-electron chi connectivity index (χ2n) is 6.65. The van der Waals surface area contributed by atoms with E-state index in [1.165, 1.54) is 0 Å². The van der Waals surface area contributed by atoms with E-state index >= 15 is 0 Å². The lowest BCUT2D eigenvalue weighted by molar-refractivity contribution is 0.118. The lowest BCUT2D eigenvalue weighted by atomic mass is 10.1. The van der Waals surface area contributed by atoms with Gasteiger partial charge >= 0.3 is 0 Å². The topological polar surface area (TPSA) is 72.4 Å². The van der Waals surface area contributed by atoms with E-state index in [4.69, 9.17) is 9.47 Å². The van der Waals surface area contributed by atoms with Crippen LogP contribution in [0.25, 0.3) is 0 Å². The average molecular weight is 357 g/mol. The Bertz CT molecular complexity index is 685. The minimum atomic E-state index is 0.229. The quantitative estimate of drug-likeness (QED) is 0.771. The molecule has 0 aromatic carbocycles. The van der Waals surface area contributed by atoms with Crippen molar-refractivity contribution >= 4 is 5.82 Å². The fourth-order valence-electron chi connectivity index (χ4n) is 3.38. The molecular formula is C19H27N5O2. The van der Waals surface area contributed by atoms with E-state index in [-0.39, 0.29) is 6.10 Å². The van der Waals surface area contributed by atoms with Gasteiger partial charge in [0.05, 0.1) is 13.2 Å². The predicted octanol–water partition coefficient (Wildman–Crippen LogP) is 1.69. The van der Waals surface area contributed by atoms with Crippen LogP contribution in [-0.2, 0) is 11.2 Å². The zero-order valence-electron chi connectivity index (χ0n) is 15.6. The van der Waals surface area contributed by atoms with E-state index in [0.717, 1.165) is 37.4 Å². The first-order valence-corrected chi connectivity index (χ1v) is 8.98. The molecule has 1 N–H and O–H groups in total. The number of nitrogens with zero attached hydrogens (tertiary/aromatic N) is 4. The summed E-state index contributed by atoms with van der Waals surface area (Å²) in [5, 5.41) is 3.63. The van der Waals surface area contributed by atoms with Gasteiger partial charge in [-0.3, -0.25) is 0 Å². The first-order valence-electron chi connectivity index (χ1n) is 8.98. The van der Waals surface area contributed by atoms with Gasteiger partial charge in [-0.1, -0.05) is 6.07 Å². The summed E-state index contributed by atoms with van der Waals surface area (Å²) in [4.78, 5) is 15.2. The van der Waals surface area contributed by atoms with Crippen LogP contribution in [0.4, 0.5) is 5.82 Å². The minimum Gasteiger partial charge on any atom is -0.481 e. The molecule has 0 saturated carbocycles. The molecule has 0 bridgehead atoms. The van der Waals surface area contributed by atoms with Gasteiger partial charge in [-0.25, -0.2) is 15.0 Å². The summed E-state index contributed by atoms with van der Waals surface area (Å²) in [6.45, 7) is 3.90. The molecule has 26 heavy (non-hydrogen) atoms. The van der Waals surface area contributed by atoms with Crippen LogP contribution in [0.3, 0.4) is 0 Å². The van der Waals surface area contributed by atoms with Gasteiger partial charge in [0.2, 0.25) is 5.88 Å². The molecule has 0 amide bonds. The Labute approximate surface area is 154 Å². The van der Waals surface area contributed by atoms with Crippen molar-refractivity contribution in [3.05, 3.63) is 42.5 Å². The highest BCUT2D eigenvalue weighted by molar-refractivity contribution is 5.40. The van der Waals surface area contributed by atoms with Crippen molar-refractivity contribution in [2.45, 2.75) is 38.0 Å². The minimum absolute atomic E-state index is 0.229. The van der Waals surface area contributed by atoms with Crippen molar-refractivity contribution in [1.82, 2.24) is 20.3 Å². The van der Waals surface area contributed by atoms with Gasteiger partial charge in [0.1, 0.15) is 12.1 Å². The third kappa shape index (κ3) is 4.68. The summed E-state index contributed by atoms with van der Waals surface area (Å²) >= 11 is 0. The number of aromatic nitrogens is 3. The summed E-state index contributed by atoms with van der Waals surface area (Å²) in [6.07, 6.45) is 5.44. The van der Waals surface area contributed by atoms with Gasteiger partial charge in [-0.2, -0.15) is 0 Å². The van der Waals surface area contributed by atoms with Gasteiger partial charge < -0.3 is 19.7 Å². The van der Waals surface area contributed by atoms with E-state index in [1.54, 1.807) is 26.7 Å². The Hall–Kier alpha value is -2.25. The van der Waals surface area contributed by atoms with E-state index in [0.29, 0.717) is 18.0 Å². The lowest BCUT2D eigenvalue weighted by Gasteiger charge is -2.26. The first-order chi connectivity index (χ1) is 12.7. The number of anilines is 1. The predicted molar refractivity (Wildman–Crippen MR) is 101 cm³/mol. The largest absolute Gasteiger partial charge is 0.481 e. The average Bonchev–Trinajstić information content (AvgIpc) is 3.10. The molecule has 1 aliphatic rings. The molecule has 2 aromatic rings. The van der Waals surface area contributed by atoms with E-state index < -0.39 is 0 Å². The van der Waals surface area contributed by atoms with Crippen molar-refractivity contribution in [1.29, 1.82) is 0 Å². The van der Waals surface area contributed by atoms with Gasteiger partial charge in [-0.05, 0) is 25.5 Å². The van der Waals surface area contributed by atoms with Gasteiger partial charge in [-0.15, -0.1) is 0 Å². The monoisotopic (exact) mass is 357 g/mol. The van der Waals surface area contributed by atoms with Crippen LogP contribution >= 0.6 is 0 Å². The van der Waals surface area contributed by atoms with Crippen LogP contribution in [-0.4, -0.2) is 60.4 Å². The molecule has 0 spiro atoms. The lowest BCUT2D eigenvalue weighted by Crippen LogP contribution is -2.42. The second-order valence-corrected chi connectivity index (χ2v) is 6.65. The van der Waals surface area contributed by atoms with Crippen molar-refractivity contribution in [3.8, 4) is 5.88 Å². The number of nitrogens with one attached hydrogen (secondary N) is 1. The van der Waals surface area contributed by atoms with E-state index in [9.17, 15) is 0 Å². The summed E-state index contributed by atoms with van der Waals surface area (Å²) in [6, 6.07) is 8.48. The van der Waals surface area contributed by atoms with Gasteiger partial charge in [0, 0.05) is 56.7 Å². The van der Waals surface area contributed by atoms with Crippen molar-refractivity contribution in [2.24, 2.45) is 0 Å². The van der Waals surface area contributed by atoms with E-state index in [1.807, 2.05) is 24.3 Å². The number of ether oxygens (including phenoxy) is 2. The molecule has 1 saturated heterocycles.